The first-order chi connectivity index (χ1) is 17.1. The number of piperidine rings is 2. The molecule has 10 N–H and O–H groups in total. The van der Waals surface area contributed by atoms with Crippen molar-refractivity contribution < 1.29 is 9.85 Å². The SMILES string of the molecule is NC1CC(N)CN(c2nc(NNc3ccc([N+](=O)[O-])cc3[N+](=O)[O-])nc(N3CC(N)CC(N)C3)n2)C1. The first-order valence-electron chi connectivity index (χ1n) is 11.3. The Morgan fingerprint density at radius 2 is 1.28 bits per heavy atom. The summed E-state index contributed by atoms with van der Waals surface area (Å²) < 4.78 is 0. The third-order valence-electron chi connectivity index (χ3n) is 5.91. The maximum absolute atomic E-state index is 11.5. The molecule has 36 heavy (non-hydrogen) atoms. The van der Waals surface area contributed by atoms with Crippen molar-refractivity contribution in [2.45, 2.75) is 37.0 Å². The third-order valence-corrected chi connectivity index (χ3v) is 5.91. The van der Waals surface area contributed by atoms with Gasteiger partial charge in [0, 0.05) is 56.4 Å². The van der Waals surface area contributed by atoms with E-state index in [0.717, 1.165) is 12.1 Å². The van der Waals surface area contributed by atoms with Crippen LogP contribution in [-0.4, -0.2) is 75.1 Å². The van der Waals surface area contributed by atoms with Crippen molar-refractivity contribution >= 4 is 34.9 Å². The van der Waals surface area contributed by atoms with Gasteiger partial charge >= 0.3 is 5.69 Å². The first kappa shape index (κ1) is 25.2. The van der Waals surface area contributed by atoms with Gasteiger partial charge in [0.25, 0.3) is 5.69 Å². The van der Waals surface area contributed by atoms with Crippen LogP contribution in [0.2, 0.25) is 0 Å². The van der Waals surface area contributed by atoms with E-state index in [1.807, 2.05) is 9.80 Å². The van der Waals surface area contributed by atoms with E-state index in [9.17, 15) is 20.2 Å². The van der Waals surface area contributed by atoms with Crippen LogP contribution in [0.5, 0.6) is 0 Å². The average molecular weight is 504 g/mol. The normalized spacial score (nSPS) is 24.3. The molecule has 4 rings (SSSR count). The number of anilines is 4. The van der Waals surface area contributed by atoms with Gasteiger partial charge in [0.05, 0.1) is 15.9 Å². The highest BCUT2D eigenvalue weighted by molar-refractivity contribution is 5.66. The molecule has 1 aromatic heterocycles. The molecule has 3 heterocycles. The molecule has 4 atom stereocenters. The number of nitrogens with zero attached hydrogens (tertiary/aromatic N) is 7. The van der Waals surface area contributed by atoms with Gasteiger partial charge in [-0.3, -0.25) is 31.1 Å². The Morgan fingerprint density at radius 1 is 0.778 bits per heavy atom. The van der Waals surface area contributed by atoms with Crippen LogP contribution in [-0.2, 0) is 0 Å². The summed E-state index contributed by atoms with van der Waals surface area (Å²) in [5.41, 5.74) is 29.1. The summed E-state index contributed by atoms with van der Waals surface area (Å²) in [6.45, 7) is 1.93. The molecule has 194 valence electrons. The third kappa shape index (κ3) is 5.82. The van der Waals surface area contributed by atoms with Crippen LogP contribution >= 0.6 is 0 Å². The average Bonchev–Trinajstić information content (AvgIpc) is 2.81. The van der Waals surface area contributed by atoms with E-state index in [-0.39, 0.29) is 35.8 Å². The van der Waals surface area contributed by atoms with Crippen molar-refractivity contribution in [2.24, 2.45) is 22.9 Å². The molecule has 17 nitrogen and oxygen atoms in total. The molecule has 0 saturated carbocycles. The quantitative estimate of drug-likeness (QED) is 0.192. The Morgan fingerprint density at radius 3 is 1.72 bits per heavy atom. The number of nitrogens with two attached hydrogens (primary N) is 4. The molecule has 2 aliphatic rings. The van der Waals surface area contributed by atoms with Gasteiger partial charge in [0.15, 0.2) is 0 Å². The number of non-ortho nitro benzene ring substituents is 1. The summed E-state index contributed by atoms with van der Waals surface area (Å²) in [6, 6.07) is 2.57. The largest absolute Gasteiger partial charge is 0.338 e. The number of aromatic nitrogens is 3. The van der Waals surface area contributed by atoms with Crippen molar-refractivity contribution in [1.82, 2.24) is 15.0 Å². The van der Waals surface area contributed by atoms with Crippen LogP contribution < -0.4 is 43.6 Å². The minimum absolute atomic E-state index is 0.0156. The van der Waals surface area contributed by atoms with Crippen LogP contribution in [0.15, 0.2) is 18.2 Å². The van der Waals surface area contributed by atoms with Gasteiger partial charge in [-0.2, -0.15) is 15.0 Å². The molecular weight excluding hydrogens is 474 g/mol. The van der Waals surface area contributed by atoms with E-state index < -0.39 is 21.2 Å². The second kappa shape index (κ2) is 10.4. The number of hydrogen-bond acceptors (Lipinski definition) is 15. The fourth-order valence-corrected chi connectivity index (χ4v) is 4.39. The van der Waals surface area contributed by atoms with Gasteiger partial charge < -0.3 is 32.7 Å². The predicted molar refractivity (Wildman–Crippen MR) is 132 cm³/mol. The minimum Gasteiger partial charge on any atom is -0.338 e. The zero-order valence-electron chi connectivity index (χ0n) is 19.4. The fourth-order valence-electron chi connectivity index (χ4n) is 4.39. The number of nitrogens with one attached hydrogen (secondary N) is 2. The minimum atomic E-state index is -0.728. The van der Waals surface area contributed by atoms with Gasteiger partial charge in [0.2, 0.25) is 17.8 Å². The molecular formula is C19H29N13O4. The first-order valence-corrected chi connectivity index (χ1v) is 11.3. The van der Waals surface area contributed by atoms with E-state index in [1.165, 1.54) is 6.07 Å². The lowest BCUT2D eigenvalue weighted by atomic mass is 10.0. The molecule has 4 unspecified atom stereocenters. The van der Waals surface area contributed by atoms with Crippen LogP contribution in [0, 0.1) is 20.2 Å². The Labute approximate surface area is 205 Å². The van der Waals surface area contributed by atoms with Crippen LogP contribution in [0.4, 0.5) is 34.9 Å². The van der Waals surface area contributed by atoms with E-state index in [0.29, 0.717) is 50.9 Å². The molecule has 0 amide bonds. The molecule has 0 radical (unpaired) electrons. The fraction of sp³-hybridized carbons (Fsp3) is 0.526. The second-order valence-electron chi connectivity index (χ2n) is 9.05. The van der Waals surface area contributed by atoms with E-state index in [4.69, 9.17) is 22.9 Å². The van der Waals surface area contributed by atoms with Gasteiger partial charge in [-0.15, -0.1) is 0 Å². The van der Waals surface area contributed by atoms with Crippen LogP contribution in [0.1, 0.15) is 12.8 Å². The highest BCUT2D eigenvalue weighted by Gasteiger charge is 2.29. The number of nitro groups is 2. The number of benzene rings is 1. The van der Waals surface area contributed by atoms with Crippen molar-refractivity contribution in [1.29, 1.82) is 0 Å². The molecule has 0 bridgehead atoms. The summed E-state index contributed by atoms with van der Waals surface area (Å²) >= 11 is 0. The molecule has 17 heteroatoms. The summed E-state index contributed by atoms with van der Waals surface area (Å²) in [5.74, 6) is 0.699. The number of nitro benzene ring substituents is 2. The predicted octanol–water partition coefficient (Wildman–Crippen LogP) is -1.14. The van der Waals surface area contributed by atoms with Crippen LogP contribution in [0.25, 0.3) is 0 Å². The molecule has 1 aromatic carbocycles. The second-order valence-corrected chi connectivity index (χ2v) is 9.05. The molecule has 2 saturated heterocycles. The zero-order chi connectivity index (χ0) is 26.0. The van der Waals surface area contributed by atoms with E-state index in [1.54, 1.807) is 0 Å². The number of rotatable bonds is 7. The number of hydrogen-bond donors (Lipinski definition) is 6. The van der Waals surface area contributed by atoms with Gasteiger partial charge in [0.1, 0.15) is 5.69 Å². The lowest BCUT2D eigenvalue weighted by Crippen LogP contribution is -2.54. The summed E-state index contributed by atoms with van der Waals surface area (Å²) in [5, 5.41) is 22.5. The Balaban J connectivity index is 1.64. The summed E-state index contributed by atoms with van der Waals surface area (Å²) in [7, 11) is 0. The molecule has 2 fully saturated rings. The topological polar surface area (TPSA) is 260 Å². The Hall–Kier alpha value is -3.93. The smallest absolute Gasteiger partial charge is 0.300 e. The van der Waals surface area contributed by atoms with E-state index in [2.05, 4.69) is 25.8 Å². The highest BCUT2D eigenvalue weighted by atomic mass is 16.6. The highest BCUT2D eigenvalue weighted by Crippen LogP contribution is 2.29. The lowest BCUT2D eigenvalue weighted by Gasteiger charge is -2.37. The number of hydrazine groups is 1. The maximum atomic E-state index is 11.5. The van der Waals surface area contributed by atoms with Gasteiger partial charge in [-0.05, 0) is 18.9 Å². The van der Waals surface area contributed by atoms with Crippen molar-refractivity contribution in [3.8, 4) is 0 Å². The Kier molecular flexibility index (Phi) is 7.25. The monoisotopic (exact) mass is 503 g/mol. The molecule has 0 aliphatic carbocycles. The van der Waals surface area contributed by atoms with E-state index >= 15 is 0 Å². The summed E-state index contributed by atoms with van der Waals surface area (Å²) in [4.78, 5) is 38.2. The standard InChI is InChI=1S/C19H29N13O4/c20-10-3-11(21)7-29(6-10)18-24-17(25-19(26-18)30-8-12(22)4-13(23)9-30)28-27-15-2-1-14(31(33)34)5-16(15)32(35)36/h1-2,5,10-13,27H,3-4,6-9,20-23H2,(H,24,25,26,28). The Bertz CT molecular complexity index is 1070. The van der Waals surface area contributed by atoms with Crippen molar-refractivity contribution in [3.05, 3.63) is 38.4 Å². The molecule has 0 spiro atoms. The van der Waals surface area contributed by atoms with Crippen molar-refractivity contribution in [2.75, 3.05) is 46.8 Å². The van der Waals surface area contributed by atoms with Crippen molar-refractivity contribution in [3.63, 3.8) is 0 Å². The van der Waals surface area contributed by atoms with Gasteiger partial charge in [-0.25, -0.2) is 0 Å². The molecule has 2 aromatic rings. The lowest BCUT2D eigenvalue weighted by molar-refractivity contribution is -0.393. The van der Waals surface area contributed by atoms with Gasteiger partial charge in [-0.1, -0.05) is 0 Å². The maximum Gasteiger partial charge on any atom is 0.300 e. The summed E-state index contributed by atoms with van der Waals surface area (Å²) in [6.07, 6.45) is 1.33. The zero-order valence-corrected chi connectivity index (χ0v) is 19.4. The molecule has 2 aliphatic heterocycles. The van der Waals surface area contributed by atoms with Crippen LogP contribution in [0.3, 0.4) is 0 Å².